The van der Waals surface area contributed by atoms with Crippen molar-refractivity contribution >= 4 is 12.0 Å². The molecule has 0 amide bonds. The highest BCUT2D eigenvalue weighted by Crippen LogP contribution is 2.14. The third-order valence-corrected chi connectivity index (χ3v) is 1.17. The van der Waals surface area contributed by atoms with E-state index >= 15 is 0 Å². The Balaban J connectivity index is 3.36. The van der Waals surface area contributed by atoms with Crippen LogP contribution in [0.1, 0.15) is 5.56 Å². The zero-order valence-electron chi connectivity index (χ0n) is 5.40. The van der Waals surface area contributed by atoms with Crippen LogP contribution in [0.3, 0.4) is 0 Å². The van der Waals surface area contributed by atoms with Crippen LogP contribution in [0.15, 0.2) is 12.1 Å². The van der Waals surface area contributed by atoms with Gasteiger partial charge in [0.25, 0.3) is 0 Å². The van der Waals surface area contributed by atoms with E-state index in [1.54, 1.807) is 0 Å². The van der Waals surface area contributed by atoms with Gasteiger partial charge in [-0.05, 0) is 12.1 Å². The lowest BCUT2D eigenvalue weighted by Gasteiger charge is -1.97. The predicted octanol–water partition coefficient (Wildman–Crippen LogP) is 1.00. The maximum absolute atomic E-state index is 12.5. The van der Waals surface area contributed by atoms with Gasteiger partial charge in [-0.25, -0.2) is 8.78 Å². The average Bonchev–Trinajstić information content (AvgIpc) is 1.85. The summed E-state index contributed by atoms with van der Waals surface area (Å²) in [6.07, 6.45) is 1.14. The van der Waals surface area contributed by atoms with Gasteiger partial charge in [-0.1, -0.05) is 0 Å². The van der Waals surface area contributed by atoms with Crippen molar-refractivity contribution in [3.8, 4) is 0 Å². The van der Waals surface area contributed by atoms with Gasteiger partial charge in [0.05, 0.1) is 5.56 Å². The van der Waals surface area contributed by atoms with Gasteiger partial charge >= 0.3 is 0 Å². The molecule has 0 atom stereocenters. The van der Waals surface area contributed by atoms with E-state index in [0.717, 1.165) is 18.4 Å². The van der Waals surface area contributed by atoms with Gasteiger partial charge in [-0.3, -0.25) is 4.79 Å². The highest BCUT2D eigenvalue weighted by atomic mass is 19.1. The molecule has 0 aromatic heterocycles. The second kappa shape index (κ2) is 2.65. The quantitative estimate of drug-likeness (QED) is 0.616. The van der Waals surface area contributed by atoms with E-state index in [1.165, 1.54) is 0 Å². The van der Waals surface area contributed by atoms with Crippen molar-refractivity contribution < 1.29 is 13.6 Å². The van der Waals surface area contributed by atoms with Crippen LogP contribution >= 0.6 is 0 Å². The summed E-state index contributed by atoms with van der Waals surface area (Å²) in [7, 11) is 0. The molecule has 1 aromatic rings. The molecule has 1 aromatic carbocycles. The lowest BCUT2D eigenvalue weighted by Crippen LogP contribution is -1.96. The van der Waals surface area contributed by atoms with E-state index < -0.39 is 17.2 Å². The predicted molar refractivity (Wildman–Crippen MR) is 35.6 cm³/mol. The minimum atomic E-state index is -0.988. The number of halogens is 2. The normalized spacial score (nSPS) is 9.64. The number of benzene rings is 1. The second-order valence-corrected chi connectivity index (χ2v) is 1.96. The SMILES string of the molecule is Nc1cc(F)c([C]=O)c(F)c1. The highest BCUT2D eigenvalue weighted by Gasteiger charge is 2.08. The summed E-state index contributed by atoms with van der Waals surface area (Å²) in [5.41, 5.74) is 4.31. The molecule has 0 fully saturated rings. The van der Waals surface area contributed by atoms with Crippen LogP contribution in [-0.4, -0.2) is 6.29 Å². The molecule has 0 saturated carbocycles. The fraction of sp³-hybridized carbons (Fsp3) is 0. The Kier molecular flexibility index (Phi) is 1.85. The Morgan fingerprint density at radius 1 is 1.27 bits per heavy atom. The van der Waals surface area contributed by atoms with Crippen LogP contribution in [0.2, 0.25) is 0 Å². The number of rotatable bonds is 1. The molecule has 0 spiro atoms. The Morgan fingerprint density at radius 2 is 1.73 bits per heavy atom. The van der Waals surface area contributed by atoms with Gasteiger partial charge in [-0.2, -0.15) is 0 Å². The molecule has 0 aliphatic heterocycles. The molecule has 4 heteroatoms. The second-order valence-electron chi connectivity index (χ2n) is 1.96. The number of hydrogen-bond donors (Lipinski definition) is 1. The van der Waals surface area contributed by atoms with Crippen LogP contribution in [0.5, 0.6) is 0 Å². The smallest absolute Gasteiger partial charge is 0.239 e. The molecule has 0 heterocycles. The van der Waals surface area contributed by atoms with Crippen LogP contribution in [-0.2, 0) is 4.79 Å². The van der Waals surface area contributed by atoms with Gasteiger partial charge in [0.15, 0.2) is 0 Å². The van der Waals surface area contributed by atoms with Crippen LogP contribution in [0.4, 0.5) is 14.5 Å². The summed E-state index contributed by atoms with van der Waals surface area (Å²) >= 11 is 0. The van der Waals surface area contributed by atoms with E-state index in [1.807, 2.05) is 0 Å². The molecule has 57 valence electrons. The van der Waals surface area contributed by atoms with Gasteiger partial charge in [0, 0.05) is 5.69 Å². The summed E-state index contributed by atoms with van der Waals surface area (Å²) < 4.78 is 25.1. The summed E-state index contributed by atoms with van der Waals surface area (Å²) in [6, 6.07) is 1.73. The monoisotopic (exact) mass is 156 g/mol. The molecule has 0 unspecified atom stereocenters. The molecular weight excluding hydrogens is 152 g/mol. The van der Waals surface area contributed by atoms with Crippen molar-refractivity contribution in [3.63, 3.8) is 0 Å². The van der Waals surface area contributed by atoms with E-state index in [-0.39, 0.29) is 5.69 Å². The van der Waals surface area contributed by atoms with E-state index in [2.05, 4.69) is 0 Å². The minimum Gasteiger partial charge on any atom is -0.399 e. The molecule has 0 aliphatic carbocycles. The lowest BCUT2D eigenvalue weighted by molar-refractivity contribution is 0.543. The Hall–Kier alpha value is -1.45. The molecule has 0 saturated heterocycles. The van der Waals surface area contributed by atoms with Crippen molar-refractivity contribution in [2.24, 2.45) is 0 Å². The van der Waals surface area contributed by atoms with Gasteiger partial charge in [0.2, 0.25) is 6.29 Å². The zero-order valence-corrected chi connectivity index (χ0v) is 5.40. The van der Waals surface area contributed by atoms with Crippen molar-refractivity contribution in [2.75, 3.05) is 5.73 Å². The third kappa shape index (κ3) is 1.34. The molecule has 2 nitrogen and oxygen atoms in total. The fourth-order valence-corrected chi connectivity index (χ4v) is 0.690. The van der Waals surface area contributed by atoms with Crippen molar-refractivity contribution in [2.45, 2.75) is 0 Å². The standard InChI is InChI=1S/C7H4F2NO/c8-6-1-4(10)2-7(9)5(6)3-11/h1-2H,10H2. The molecule has 0 aliphatic rings. The lowest BCUT2D eigenvalue weighted by atomic mass is 10.2. The van der Waals surface area contributed by atoms with Gasteiger partial charge in [-0.15, -0.1) is 0 Å². The van der Waals surface area contributed by atoms with Crippen molar-refractivity contribution in [1.29, 1.82) is 0 Å². The van der Waals surface area contributed by atoms with E-state index in [4.69, 9.17) is 5.73 Å². The number of hydrogen-bond acceptors (Lipinski definition) is 2. The third-order valence-electron chi connectivity index (χ3n) is 1.17. The van der Waals surface area contributed by atoms with Crippen LogP contribution < -0.4 is 5.73 Å². The van der Waals surface area contributed by atoms with Crippen LogP contribution in [0, 0.1) is 11.6 Å². The first-order chi connectivity index (χ1) is 5.15. The van der Waals surface area contributed by atoms with E-state index in [9.17, 15) is 13.6 Å². The first-order valence-corrected chi connectivity index (χ1v) is 2.78. The summed E-state index contributed by atoms with van der Waals surface area (Å²) in [6.45, 7) is 0. The first kappa shape index (κ1) is 7.65. The molecule has 11 heavy (non-hydrogen) atoms. The van der Waals surface area contributed by atoms with Crippen molar-refractivity contribution in [1.82, 2.24) is 0 Å². The molecule has 1 rings (SSSR count). The summed E-state index contributed by atoms with van der Waals surface area (Å²) in [5.74, 6) is -1.98. The first-order valence-electron chi connectivity index (χ1n) is 2.78. The Morgan fingerprint density at radius 3 is 2.09 bits per heavy atom. The number of nitrogens with two attached hydrogens (primary N) is 1. The van der Waals surface area contributed by atoms with E-state index in [0.29, 0.717) is 0 Å². The maximum atomic E-state index is 12.5. The fourth-order valence-electron chi connectivity index (χ4n) is 0.690. The van der Waals surface area contributed by atoms with Crippen LogP contribution in [0.25, 0.3) is 0 Å². The maximum Gasteiger partial charge on any atom is 0.239 e. The topological polar surface area (TPSA) is 43.1 Å². The molecule has 2 N–H and O–H groups in total. The average molecular weight is 156 g/mol. The Labute approximate surface area is 61.6 Å². The Bertz CT molecular complexity index is 275. The summed E-state index contributed by atoms with van der Waals surface area (Å²) in [4.78, 5) is 9.91. The molecule has 0 bridgehead atoms. The number of carbonyl (C=O) groups excluding carboxylic acids is 1. The molecule has 1 radical (unpaired) electrons. The molecular formula is C7H4F2NO. The van der Waals surface area contributed by atoms with Gasteiger partial charge < -0.3 is 5.73 Å². The van der Waals surface area contributed by atoms with Crippen molar-refractivity contribution in [3.05, 3.63) is 29.3 Å². The minimum absolute atomic E-state index is 0.0565. The highest BCUT2D eigenvalue weighted by molar-refractivity contribution is 5.77. The zero-order chi connectivity index (χ0) is 8.43. The van der Waals surface area contributed by atoms with Gasteiger partial charge in [0.1, 0.15) is 11.6 Å². The summed E-state index contributed by atoms with van der Waals surface area (Å²) in [5, 5.41) is 0. The largest absolute Gasteiger partial charge is 0.399 e. The number of anilines is 1. The number of nitrogen functional groups attached to an aromatic ring is 1.